The summed E-state index contributed by atoms with van der Waals surface area (Å²) in [5.74, 6) is -0.991. The number of hydrogen-bond donors (Lipinski definition) is 0. The maximum absolute atomic E-state index is 12.8. The zero-order valence-corrected chi connectivity index (χ0v) is 47.3. The zero-order chi connectivity index (χ0) is 54.2. The molecule has 0 heterocycles. The van der Waals surface area contributed by atoms with E-state index < -0.39 is 32.5 Å². The minimum absolute atomic E-state index is 0.0609. The normalized spacial score (nSPS) is 14.7. The molecule has 412 valence electrons. The number of rotatable bonds is 47. The summed E-state index contributed by atoms with van der Waals surface area (Å²) in [6.07, 6.45) is 82.4. The number of allylic oxidation sites excluding steroid dienone is 30. The standard InChI is InChI=1S/C64H98NO8P/c1-6-8-10-12-14-16-18-20-22-24-26-27-28-29-30-31-32-33-34-35-36-37-39-41-43-45-47-49-51-53-55-57-64(67)73-62(61-72-74(68,69)71-59-58-65(3,4)5)60-70-63(66)56-54-52-50-48-46-44-42-40-38-25-23-21-19-17-15-13-11-9-7-2/h8-11,14-17,20-23,26-27,29-30,32-33,35-36,38-41,44-47,50,52,62H,6-7,12-13,18-19,24-25,28,31,34,37,42-43,48-49,51,53-61H2,1-5H3/b10-8-,11-9-,16-14-,17-15-,22-20-,23-21-,27-26-,30-29-,33-32-,36-35-,40-38-,41-39-,46-44-,47-45-,52-50-. The number of esters is 2. The minimum Gasteiger partial charge on any atom is -0.756 e. The fourth-order valence-corrected chi connectivity index (χ4v) is 6.99. The molecule has 0 N–H and O–H groups in total. The van der Waals surface area contributed by atoms with Crippen LogP contribution in [-0.2, 0) is 32.7 Å². The van der Waals surface area contributed by atoms with Crippen LogP contribution in [0.15, 0.2) is 182 Å². The van der Waals surface area contributed by atoms with Gasteiger partial charge in [-0.3, -0.25) is 14.2 Å². The first kappa shape index (κ1) is 69.1. The molecular weight excluding hydrogens is 942 g/mol. The summed E-state index contributed by atoms with van der Waals surface area (Å²) >= 11 is 0. The maximum atomic E-state index is 12.8. The summed E-state index contributed by atoms with van der Waals surface area (Å²) in [6, 6.07) is 0. The van der Waals surface area contributed by atoms with E-state index in [1.807, 2.05) is 33.3 Å². The molecule has 9 nitrogen and oxygen atoms in total. The largest absolute Gasteiger partial charge is 0.756 e. The lowest BCUT2D eigenvalue weighted by atomic mass is 10.1. The third-order valence-electron chi connectivity index (χ3n) is 10.4. The minimum atomic E-state index is -4.68. The van der Waals surface area contributed by atoms with Crippen molar-refractivity contribution in [3.8, 4) is 0 Å². The van der Waals surface area contributed by atoms with Crippen molar-refractivity contribution < 1.29 is 42.1 Å². The van der Waals surface area contributed by atoms with Gasteiger partial charge in [0.05, 0.1) is 27.7 Å². The highest BCUT2D eigenvalue weighted by Crippen LogP contribution is 2.38. The number of unbranched alkanes of at least 4 members (excludes halogenated alkanes) is 3. The molecule has 0 aliphatic rings. The number of phosphoric ester groups is 1. The van der Waals surface area contributed by atoms with E-state index in [9.17, 15) is 19.0 Å². The SMILES string of the molecule is CC/C=C\C/C=C\C/C=C\C/C=C\C/C=C\C/C=C\C/C=C\C/C=C\C/C=C\CCCCCC(=O)OC(COC(=O)CC/C=C\C/C=C\C/C=C\C/C=C\C/C=C\C/C=C\CC)COP(=O)([O-])OCC[N+](C)(C)C. The molecule has 0 radical (unpaired) electrons. The second-order valence-corrected chi connectivity index (χ2v) is 19.9. The Morgan fingerprint density at radius 2 is 0.757 bits per heavy atom. The van der Waals surface area contributed by atoms with Crippen molar-refractivity contribution in [1.29, 1.82) is 0 Å². The highest BCUT2D eigenvalue weighted by Gasteiger charge is 2.21. The number of ether oxygens (including phenoxy) is 2. The topological polar surface area (TPSA) is 111 Å². The van der Waals surface area contributed by atoms with Crippen LogP contribution in [0.4, 0.5) is 0 Å². The maximum Gasteiger partial charge on any atom is 0.306 e. The molecule has 74 heavy (non-hydrogen) atoms. The lowest BCUT2D eigenvalue weighted by molar-refractivity contribution is -0.870. The van der Waals surface area contributed by atoms with Crippen molar-refractivity contribution in [2.24, 2.45) is 0 Å². The molecule has 0 rings (SSSR count). The molecule has 0 amide bonds. The summed E-state index contributed by atoms with van der Waals surface area (Å²) in [5, 5.41) is 0. The van der Waals surface area contributed by atoms with E-state index in [-0.39, 0.29) is 26.1 Å². The molecule has 0 spiro atoms. The number of likely N-dealkylation sites (N-methyl/N-ethyl adjacent to an activating group) is 1. The van der Waals surface area contributed by atoms with E-state index in [1.165, 1.54) is 0 Å². The average molecular weight is 1040 g/mol. The molecular formula is C64H98NO8P. The molecule has 10 heteroatoms. The lowest BCUT2D eigenvalue weighted by Gasteiger charge is -2.28. The van der Waals surface area contributed by atoms with Crippen molar-refractivity contribution >= 4 is 19.8 Å². The Balaban J connectivity index is 4.43. The van der Waals surface area contributed by atoms with Crippen molar-refractivity contribution in [2.45, 2.75) is 161 Å². The monoisotopic (exact) mass is 1040 g/mol. The van der Waals surface area contributed by atoms with Crippen LogP contribution < -0.4 is 4.89 Å². The summed E-state index contributed by atoms with van der Waals surface area (Å²) < 4.78 is 33.9. The Kier molecular flexibility index (Phi) is 49.5. The van der Waals surface area contributed by atoms with Gasteiger partial charge in [-0.25, -0.2) is 0 Å². The number of carbonyl (C=O) groups is 2. The van der Waals surface area contributed by atoms with E-state index in [0.717, 1.165) is 116 Å². The summed E-state index contributed by atoms with van der Waals surface area (Å²) in [7, 11) is 1.07. The third-order valence-corrected chi connectivity index (χ3v) is 11.4. The van der Waals surface area contributed by atoms with Gasteiger partial charge in [-0.15, -0.1) is 0 Å². The van der Waals surface area contributed by atoms with Crippen molar-refractivity contribution in [3.05, 3.63) is 182 Å². The van der Waals surface area contributed by atoms with Crippen LogP contribution in [0.1, 0.15) is 155 Å². The van der Waals surface area contributed by atoms with E-state index in [2.05, 4.69) is 184 Å². The van der Waals surface area contributed by atoms with E-state index in [4.69, 9.17) is 18.5 Å². The second kappa shape index (κ2) is 53.0. The van der Waals surface area contributed by atoms with Gasteiger partial charge in [0, 0.05) is 12.8 Å². The number of nitrogens with zero attached hydrogens (tertiary/aromatic N) is 1. The molecule has 0 aromatic carbocycles. The van der Waals surface area contributed by atoms with Gasteiger partial charge in [-0.05, 0) is 122 Å². The Bertz CT molecular complexity index is 1900. The zero-order valence-electron chi connectivity index (χ0n) is 46.4. The van der Waals surface area contributed by atoms with Crippen LogP contribution >= 0.6 is 7.82 Å². The molecule has 0 aliphatic heterocycles. The predicted molar refractivity (Wildman–Crippen MR) is 313 cm³/mol. The first-order chi connectivity index (χ1) is 36.0. The fourth-order valence-electron chi connectivity index (χ4n) is 6.26. The molecule has 0 aromatic rings. The van der Waals surface area contributed by atoms with Crippen LogP contribution in [0.2, 0.25) is 0 Å². The van der Waals surface area contributed by atoms with Crippen molar-refractivity contribution in [2.75, 3.05) is 47.5 Å². The molecule has 0 saturated carbocycles. The summed E-state index contributed by atoms with van der Waals surface area (Å²) in [5.41, 5.74) is 0. The second-order valence-electron chi connectivity index (χ2n) is 18.5. The molecule has 0 aromatic heterocycles. The van der Waals surface area contributed by atoms with Gasteiger partial charge >= 0.3 is 11.9 Å². The van der Waals surface area contributed by atoms with Crippen molar-refractivity contribution in [1.82, 2.24) is 0 Å². The fraction of sp³-hybridized carbons (Fsp3) is 0.500. The van der Waals surface area contributed by atoms with Gasteiger partial charge in [-0.2, -0.15) is 0 Å². The molecule has 2 unspecified atom stereocenters. The van der Waals surface area contributed by atoms with Crippen LogP contribution in [0.25, 0.3) is 0 Å². The van der Waals surface area contributed by atoms with Crippen LogP contribution in [0.3, 0.4) is 0 Å². The summed E-state index contributed by atoms with van der Waals surface area (Å²) in [4.78, 5) is 37.8. The van der Waals surface area contributed by atoms with E-state index in [0.29, 0.717) is 23.9 Å². The molecule has 0 saturated heterocycles. The first-order valence-electron chi connectivity index (χ1n) is 27.5. The highest BCUT2D eigenvalue weighted by molar-refractivity contribution is 7.45. The highest BCUT2D eigenvalue weighted by atomic mass is 31.2. The van der Waals surface area contributed by atoms with Gasteiger partial charge in [0.1, 0.15) is 19.8 Å². The van der Waals surface area contributed by atoms with Crippen molar-refractivity contribution in [3.63, 3.8) is 0 Å². The predicted octanol–water partition coefficient (Wildman–Crippen LogP) is 16.6. The number of phosphoric acid groups is 1. The van der Waals surface area contributed by atoms with Gasteiger partial charge in [0.2, 0.25) is 0 Å². The number of carbonyl (C=O) groups excluding carboxylic acids is 2. The summed E-state index contributed by atoms with van der Waals surface area (Å²) in [6.45, 7) is 3.83. The molecule has 2 atom stereocenters. The number of hydrogen-bond acceptors (Lipinski definition) is 8. The van der Waals surface area contributed by atoms with Gasteiger partial charge in [0.25, 0.3) is 7.82 Å². The van der Waals surface area contributed by atoms with Gasteiger partial charge in [0.15, 0.2) is 6.10 Å². The Morgan fingerprint density at radius 1 is 0.419 bits per heavy atom. The first-order valence-corrected chi connectivity index (χ1v) is 29.0. The van der Waals surface area contributed by atoms with Crippen LogP contribution in [0, 0.1) is 0 Å². The van der Waals surface area contributed by atoms with E-state index in [1.54, 1.807) is 0 Å². The molecule has 0 fully saturated rings. The Labute approximate surface area is 450 Å². The quantitative estimate of drug-likeness (QED) is 0.0195. The lowest BCUT2D eigenvalue weighted by Crippen LogP contribution is -2.37. The van der Waals surface area contributed by atoms with Gasteiger partial charge in [-0.1, -0.05) is 203 Å². The number of quaternary nitrogens is 1. The Hall–Kier alpha value is -4.89. The van der Waals surface area contributed by atoms with Gasteiger partial charge < -0.3 is 27.9 Å². The molecule has 0 aliphatic carbocycles. The molecule has 0 bridgehead atoms. The Morgan fingerprint density at radius 3 is 1.11 bits per heavy atom. The van der Waals surface area contributed by atoms with Crippen LogP contribution in [0.5, 0.6) is 0 Å². The average Bonchev–Trinajstić information content (AvgIpc) is 3.36. The smallest absolute Gasteiger partial charge is 0.306 e. The van der Waals surface area contributed by atoms with Crippen LogP contribution in [-0.4, -0.2) is 70.0 Å². The van der Waals surface area contributed by atoms with E-state index >= 15 is 0 Å². The third kappa shape index (κ3) is 56.4.